The van der Waals surface area contributed by atoms with Crippen molar-refractivity contribution < 1.29 is 12.8 Å². The van der Waals surface area contributed by atoms with E-state index in [4.69, 9.17) is 5.73 Å². The second-order valence-corrected chi connectivity index (χ2v) is 8.59. The molecule has 0 saturated carbocycles. The molecule has 2 aromatic rings. The lowest BCUT2D eigenvalue weighted by atomic mass is 10.3. The van der Waals surface area contributed by atoms with E-state index >= 15 is 0 Å². The first-order valence-corrected chi connectivity index (χ1v) is 9.58. The summed E-state index contributed by atoms with van der Waals surface area (Å²) in [5.74, 6) is -0.438. The highest BCUT2D eigenvalue weighted by molar-refractivity contribution is 14.1. The summed E-state index contributed by atoms with van der Waals surface area (Å²) in [5, 5.41) is 0. The van der Waals surface area contributed by atoms with E-state index in [1.54, 1.807) is 6.07 Å². The number of hydrogen-bond donors (Lipinski definition) is 2. The summed E-state index contributed by atoms with van der Waals surface area (Å²) in [7, 11) is -3.90. The van der Waals surface area contributed by atoms with Gasteiger partial charge in [0.05, 0.1) is 11.4 Å². The maximum atomic E-state index is 13.1. The number of nitrogens with one attached hydrogen (secondary N) is 1. The summed E-state index contributed by atoms with van der Waals surface area (Å²) in [6, 6.07) is 6.85. The number of sulfonamides is 1. The van der Waals surface area contributed by atoms with E-state index < -0.39 is 15.8 Å². The molecular formula is C12H8Br2FIN2O2S. The Labute approximate surface area is 151 Å². The lowest BCUT2D eigenvalue weighted by Gasteiger charge is -2.13. The van der Waals surface area contributed by atoms with E-state index in [0.29, 0.717) is 12.5 Å². The largest absolute Gasteiger partial charge is 0.398 e. The Balaban J connectivity index is 2.48. The quantitative estimate of drug-likeness (QED) is 0.442. The van der Waals surface area contributed by atoms with Crippen LogP contribution >= 0.6 is 54.5 Å². The molecule has 0 aliphatic carbocycles. The van der Waals surface area contributed by atoms with Crippen LogP contribution in [0.15, 0.2) is 44.2 Å². The van der Waals surface area contributed by atoms with Gasteiger partial charge in [0.15, 0.2) is 0 Å². The van der Waals surface area contributed by atoms with Crippen molar-refractivity contribution in [2.75, 3.05) is 10.5 Å². The van der Waals surface area contributed by atoms with Crippen LogP contribution in [0.25, 0.3) is 0 Å². The minimum atomic E-state index is -3.90. The Kier molecular flexibility index (Phi) is 5.16. The Morgan fingerprint density at radius 3 is 2.43 bits per heavy atom. The maximum Gasteiger partial charge on any atom is 0.265 e. The first kappa shape index (κ1) is 17.0. The number of nitrogen functional groups attached to an aromatic ring is 1. The van der Waals surface area contributed by atoms with Crippen LogP contribution in [0, 0.1) is 9.39 Å². The third kappa shape index (κ3) is 3.88. The van der Waals surface area contributed by atoms with Crippen molar-refractivity contribution in [2.45, 2.75) is 4.90 Å². The van der Waals surface area contributed by atoms with E-state index in [1.807, 2.05) is 22.6 Å². The lowest BCUT2D eigenvalue weighted by Crippen LogP contribution is -2.16. The molecule has 9 heteroatoms. The van der Waals surface area contributed by atoms with Crippen LogP contribution in [0.2, 0.25) is 0 Å². The smallest absolute Gasteiger partial charge is 0.265 e. The van der Waals surface area contributed by atoms with Gasteiger partial charge in [-0.2, -0.15) is 0 Å². The van der Waals surface area contributed by atoms with Gasteiger partial charge in [0.2, 0.25) is 0 Å². The molecule has 0 heterocycles. The second kappa shape index (κ2) is 6.39. The first-order chi connectivity index (χ1) is 9.70. The molecule has 112 valence electrons. The summed E-state index contributed by atoms with van der Waals surface area (Å²) < 4.78 is 41.8. The normalized spacial score (nSPS) is 11.4. The summed E-state index contributed by atoms with van der Waals surface area (Å²) in [6.07, 6.45) is 0. The fraction of sp³-hybridized carbons (Fsp3) is 0. The van der Waals surface area contributed by atoms with Crippen molar-refractivity contribution >= 4 is 75.8 Å². The molecule has 3 N–H and O–H groups in total. The van der Waals surface area contributed by atoms with E-state index in [-0.39, 0.29) is 16.3 Å². The molecule has 0 aliphatic rings. The van der Waals surface area contributed by atoms with Crippen LogP contribution in [0.1, 0.15) is 0 Å². The Hall–Kier alpha value is -0.390. The molecule has 0 radical (unpaired) electrons. The van der Waals surface area contributed by atoms with Crippen LogP contribution < -0.4 is 10.5 Å². The summed E-state index contributed by atoms with van der Waals surface area (Å²) >= 11 is 8.27. The van der Waals surface area contributed by atoms with Gasteiger partial charge < -0.3 is 5.73 Å². The molecule has 0 atom stereocenters. The SMILES string of the molecule is Nc1cc(Br)cc(Br)c1S(=O)(=O)Nc1ccc(F)cc1I. The molecular weight excluding hydrogens is 542 g/mol. The number of anilines is 2. The third-order valence-electron chi connectivity index (χ3n) is 2.48. The Morgan fingerprint density at radius 2 is 1.86 bits per heavy atom. The van der Waals surface area contributed by atoms with Gasteiger partial charge in [0, 0.05) is 12.5 Å². The zero-order valence-electron chi connectivity index (χ0n) is 10.2. The molecule has 0 saturated heterocycles. The monoisotopic (exact) mass is 548 g/mol. The van der Waals surface area contributed by atoms with Crippen LogP contribution in [0.5, 0.6) is 0 Å². The highest BCUT2D eigenvalue weighted by Crippen LogP contribution is 2.33. The summed E-state index contributed by atoms with van der Waals surface area (Å²) in [4.78, 5) is -0.0641. The molecule has 2 aromatic carbocycles. The molecule has 21 heavy (non-hydrogen) atoms. The lowest BCUT2D eigenvalue weighted by molar-refractivity contribution is 0.601. The maximum absolute atomic E-state index is 13.1. The van der Waals surface area contributed by atoms with Gasteiger partial charge in [-0.1, -0.05) is 15.9 Å². The highest BCUT2D eigenvalue weighted by Gasteiger charge is 2.22. The number of halogens is 4. The molecule has 0 spiro atoms. The highest BCUT2D eigenvalue weighted by atomic mass is 127. The van der Waals surface area contributed by atoms with E-state index in [9.17, 15) is 12.8 Å². The fourth-order valence-electron chi connectivity index (χ4n) is 1.63. The van der Waals surface area contributed by atoms with Gasteiger partial charge in [-0.05, 0) is 68.9 Å². The van der Waals surface area contributed by atoms with E-state index in [1.165, 1.54) is 24.3 Å². The van der Waals surface area contributed by atoms with Gasteiger partial charge >= 0.3 is 0 Å². The minimum absolute atomic E-state index is 0.0641. The topological polar surface area (TPSA) is 72.2 Å². The third-order valence-corrected chi connectivity index (χ3v) is 6.20. The molecule has 2 rings (SSSR count). The number of benzene rings is 2. The van der Waals surface area contributed by atoms with Crippen molar-refractivity contribution in [1.29, 1.82) is 0 Å². The predicted molar refractivity (Wildman–Crippen MR) is 96.2 cm³/mol. The molecule has 0 amide bonds. The fourth-order valence-corrected chi connectivity index (χ4v) is 5.58. The van der Waals surface area contributed by atoms with Gasteiger partial charge in [-0.25, -0.2) is 12.8 Å². The molecule has 0 bridgehead atoms. The van der Waals surface area contributed by atoms with Gasteiger partial charge in [-0.3, -0.25) is 4.72 Å². The average Bonchev–Trinajstić information content (AvgIpc) is 2.30. The average molecular weight is 550 g/mol. The van der Waals surface area contributed by atoms with Crippen LogP contribution in [0.3, 0.4) is 0 Å². The predicted octanol–water partition coefficient (Wildman–Crippen LogP) is 4.34. The number of rotatable bonds is 3. The summed E-state index contributed by atoms with van der Waals surface area (Å²) in [6.45, 7) is 0. The van der Waals surface area contributed by atoms with E-state index in [2.05, 4.69) is 36.6 Å². The van der Waals surface area contributed by atoms with Crippen molar-refractivity contribution in [3.05, 3.63) is 48.7 Å². The van der Waals surface area contributed by atoms with Crippen molar-refractivity contribution in [2.24, 2.45) is 0 Å². The molecule has 4 nitrogen and oxygen atoms in total. The van der Waals surface area contributed by atoms with Gasteiger partial charge in [0.25, 0.3) is 10.0 Å². The van der Waals surface area contributed by atoms with Crippen molar-refractivity contribution in [3.63, 3.8) is 0 Å². The van der Waals surface area contributed by atoms with Gasteiger partial charge in [-0.15, -0.1) is 0 Å². The van der Waals surface area contributed by atoms with Crippen LogP contribution in [0.4, 0.5) is 15.8 Å². The Bertz CT molecular complexity index is 792. The second-order valence-electron chi connectivity index (χ2n) is 4.04. The number of hydrogen-bond acceptors (Lipinski definition) is 3. The minimum Gasteiger partial charge on any atom is -0.398 e. The van der Waals surface area contributed by atoms with Crippen LogP contribution in [-0.2, 0) is 10.0 Å². The molecule has 0 aliphatic heterocycles. The van der Waals surface area contributed by atoms with E-state index in [0.717, 1.165) is 0 Å². The zero-order valence-corrected chi connectivity index (χ0v) is 16.3. The molecule has 0 fully saturated rings. The van der Waals surface area contributed by atoms with Crippen LogP contribution in [-0.4, -0.2) is 8.42 Å². The standard InChI is InChI=1S/C12H8Br2FIN2O2S/c13-6-3-8(14)12(10(17)4-6)21(19,20)18-11-2-1-7(15)5-9(11)16/h1-5,18H,17H2. The summed E-state index contributed by atoms with van der Waals surface area (Å²) in [5.41, 5.74) is 6.16. The molecule has 0 unspecified atom stereocenters. The first-order valence-electron chi connectivity index (χ1n) is 5.43. The van der Waals surface area contributed by atoms with Gasteiger partial charge in [0.1, 0.15) is 10.7 Å². The zero-order chi connectivity index (χ0) is 15.8. The Morgan fingerprint density at radius 1 is 1.19 bits per heavy atom. The van der Waals surface area contributed by atoms with Crippen molar-refractivity contribution in [1.82, 2.24) is 0 Å². The van der Waals surface area contributed by atoms with Crippen molar-refractivity contribution in [3.8, 4) is 0 Å². The number of nitrogens with two attached hydrogens (primary N) is 1. The molecule has 0 aromatic heterocycles.